The maximum Gasteiger partial charge on any atom is 0.357 e. The fourth-order valence-corrected chi connectivity index (χ4v) is 2.37. The van der Waals surface area contributed by atoms with Gasteiger partial charge in [0.15, 0.2) is 5.69 Å². The number of nitro benzene ring substituents is 1. The number of hydrogen-bond acceptors (Lipinski definition) is 4. The van der Waals surface area contributed by atoms with Gasteiger partial charge < -0.3 is 5.11 Å². The molecule has 0 spiro atoms. The van der Waals surface area contributed by atoms with E-state index in [0.717, 1.165) is 16.8 Å². The number of aromatic carboxylic acids is 1. The summed E-state index contributed by atoms with van der Waals surface area (Å²) in [7, 11) is 0. The Morgan fingerprint density at radius 2 is 2.00 bits per heavy atom. The van der Waals surface area contributed by atoms with Crippen LogP contribution in [-0.4, -0.2) is 25.8 Å². The Bertz CT molecular complexity index is 984. The lowest BCUT2D eigenvalue weighted by atomic mass is 10.1. The zero-order valence-electron chi connectivity index (χ0n) is 11.9. The van der Waals surface area contributed by atoms with Gasteiger partial charge in [-0.25, -0.2) is 13.6 Å². The van der Waals surface area contributed by atoms with Gasteiger partial charge in [-0.05, 0) is 12.1 Å². The lowest BCUT2D eigenvalue weighted by molar-refractivity contribution is -0.384. The van der Waals surface area contributed by atoms with Crippen LogP contribution in [0.15, 0.2) is 36.4 Å². The third-order valence-electron chi connectivity index (χ3n) is 3.48. The molecule has 1 aromatic heterocycles. The summed E-state index contributed by atoms with van der Waals surface area (Å²) in [5.74, 6) is -2.88. The first-order valence-electron chi connectivity index (χ1n) is 6.69. The number of fused-ring (bicyclic) bond motifs is 1. The van der Waals surface area contributed by atoms with Crippen LogP contribution in [0.4, 0.5) is 14.5 Å². The molecule has 0 saturated carbocycles. The van der Waals surface area contributed by atoms with Crippen LogP contribution in [0, 0.1) is 21.7 Å². The van der Waals surface area contributed by atoms with Crippen LogP contribution >= 0.6 is 0 Å². The number of nitrogens with zero attached hydrogens (tertiary/aromatic N) is 3. The molecule has 0 aliphatic rings. The summed E-state index contributed by atoms with van der Waals surface area (Å²) < 4.78 is 27.9. The quantitative estimate of drug-likeness (QED) is 0.584. The Kier molecular flexibility index (Phi) is 3.68. The predicted molar refractivity (Wildman–Crippen MR) is 78.8 cm³/mol. The smallest absolute Gasteiger partial charge is 0.357 e. The van der Waals surface area contributed by atoms with E-state index in [2.05, 4.69) is 5.10 Å². The second-order valence-electron chi connectivity index (χ2n) is 5.01. The van der Waals surface area contributed by atoms with Crippen molar-refractivity contribution in [1.29, 1.82) is 0 Å². The van der Waals surface area contributed by atoms with Crippen LogP contribution in [0.5, 0.6) is 0 Å². The van der Waals surface area contributed by atoms with Gasteiger partial charge in [-0.3, -0.25) is 14.8 Å². The van der Waals surface area contributed by atoms with E-state index < -0.39 is 22.5 Å². The summed E-state index contributed by atoms with van der Waals surface area (Å²) in [6.07, 6.45) is 0. The van der Waals surface area contributed by atoms with Crippen LogP contribution in [0.3, 0.4) is 0 Å². The largest absolute Gasteiger partial charge is 0.476 e. The van der Waals surface area contributed by atoms with Gasteiger partial charge in [0.25, 0.3) is 5.69 Å². The predicted octanol–water partition coefficient (Wildman–Crippen LogP) is 2.97. The van der Waals surface area contributed by atoms with Gasteiger partial charge in [-0.2, -0.15) is 5.10 Å². The molecule has 1 N–H and O–H groups in total. The summed E-state index contributed by atoms with van der Waals surface area (Å²) in [6, 6.07) is 6.57. The topological polar surface area (TPSA) is 98.3 Å². The molecule has 1 heterocycles. The highest BCUT2D eigenvalue weighted by atomic mass is 19.1. The van der Waals surface area contributed by atoms with Gasteiger partial charge >= 0.3 is 5.97 Å². The molecule has 9 heteroatoms. The van der Waals surface area contributed by atoms with Gasteiger partial charge in [-0.15, -0.1) is 0 Å². The van der Waals surface area contributed by atoms with Gasteiger partial charge in [0.2, 0.25) is 0 Å². The van der Waals surface area contributed by atoms with Gasteiger partial charge in [0.05, 0.1) is 17.0 Å². The van der Waals surface area contributed by atoms with Crippen molar-refractivity contribution in [3.63, 3.8) is 0 Å². The van der Waals surface area contributed by atoms with Crippen molar-refractivity contribution < 1.29 is 23.6 Å². The molecule has 0 saturated heterocycles. The highest BCUT2D eigenvalue weighted by Crippen LogP contribution is 2.25. The summed E-state index contributed by atoms with van der Waals surface area (Å²) in [5, 5.41) is 24.2. The lowest BCUT2D eigenvalue weighted by Gasteiger charge is -2.05. The van der Waals surface area contributed by atoms with E-state index in [1.807, 2.05) is 0 Å². The average Bonchev–Trinajstić information content (AvgIpc) is 2.88. The molecule has 24 heavy (non-hydrogen) atoms. The normalized spacial score (nSPS) is 10.9. The number of carboxylic acid groups (broad SMARTS) is 1. The molecular weight excluding hydrogens is 324 g/mol. The van der Waals surface area contributed by atoms with Crippen LogP contribution < -0.4 is 0 Å². The van der Waals surface area contributed by atoms with Crippen molar-refractivity contribution in [1.82, 2.24) is 9.78 Å². The molecule has 0 fully saturated rings. The van der Waals surface area contributed by atoms with Crippen LogP contribution in [0.25, 0.3) is 10.9 Å². The zero-order chi connectivity index (χ0) is 17.4. The molecule has 0 aliphatic heterocycles. The van der Waals surface area contributed by atoms with E-state index in [9.17, 15) is 28.8 Å². The van der Waals surface area contributed by atoms with Crippen molar-refractivity contribution in [2.75, 3.05) is 0 Å². The Hall–Kier alpha value is -3.36. The molecule has 0 unspecified atom stereocenters. The Balaban J connectivity index is 2.16. The first kappa shape index (κ1) is 15.5. The minimum absolute atomic E-state index is 0.0734. The summed E-state index contributed by atoms with van der Waals surface area (Å²) in [6.45, 7) is -0.197. The molecule has 0 bridgehead atoms. The monoisotopic (exact) mass is 333 g/mol. The zero-order valence-corrected chi connectivity index (χ0v) is 11.9. The number of aromatic nitrogens is 2. The average molecular weight is 333 g/mol. The number of nitro groups is 1. The lowest BCUT2D eigenvalue weighted by Crippen LogP contribution is -2.06. The second-order valence-corrected chi connectivity index (χ2v) is 5.01. The van der Waals surface area contributed by atoms with E-state index in [4.69, 9.17) is 0 Å². The first-order valence-corrected chi connectivity index (χ1v) is 6.69. The molecule has 2 aromatic carbocycles. The number of non-ortho nitro benzene ring substituents is 1. The van der Waals surface area contributed by atoms with Crippen LogP contribution in [-0.2, 0) is 6.54 Å². The SMILES string of the molecule is O=C(O)c1nn(Cc2ccc(F)cc2F)c2cc([N+](=O)[O-])ccc12. The van der Waals surface area contributed by atoms with E-state index in [1.54, 1.807) is 0 Å². The molecule has 7 nitrogen and oxygen atoms in total. The van der Waals surface area contributed by atoms with Gasteiger partial charge in [0, 0.05) is 29.1 Å². The maximum atomic E-state index is 13.8. The third-order valence-corrected chi connectivity index (χ3v) is 3.48. The molecule has 0 radical (unpaired) electrons. The van der Waals surface area contributed by atoms with E-state index in [-0.39, 0.29) is 34.4 Å². The van der Waals surface area contributed by atoms with Crippen LogP contribution in [0.2, 0.25) is 0 Å². The molecule has 0 amide bonds. The molecule has 0 aliphatic carbocycles. The molecular formula is C15H9F2N3O4. The minimum Gasteiger partial charge on any atom is -0.476 e. The third kappa shape index (κ3) is 2.67. The van der Waals surface area contributed by atoms with E-state index in [0.29, 0.717) is 6.07 Å². The van der Waals surface area contributed by atoms with Crippen molar-refractivity contribution in [3.05, 3.63) is 69.4 Å². The van der Waals surface area contributed by atoms with Gasteiger partial charge in [0.1, 0.15) is 11.6 Å². The fraction of sp³-hybridized carbons (Fsp3) is 0.0667. The molecule has 3 aromatic rings. The van der Waals surface area contributed by atoms with Crippen molar-refractivity contribution in [2.45, 2.75) is 6.54 Å². The number of hydrogen-bond donors (Lipinski definition) is 1. The summed E-state index contributed by atoms with van der Waals surface area (Å²) in [5.41, 5.74) is -0.308. The highest BCUT2D eigenvalue weighted by molar-refractivity contribution is 6.01. The number of carboxylic acids is 1. The Morgan fingerprint density at radius 1 is 1.25 bits per heavy atom. The number of rotatable bonds is 4. The van der Waals surface area contributed by atoms with Crippen molar-refractivity contribution in [2.24, 2.45) is 0 Å². The van der Waals surface area contributed by atoms with Crippen molar-refractivity contribution >= 4 is 22.6 Å². The molecule has 3 rings (SSSR count). The Labute approximate surface area is 132 Å². The fourth-order valence-electron chi connectivity index (χ4n) is 2.37. The standard InChI is InChI=1S/C15H9F2N3O4/c16-9-2-1-8(12(17)5-9)7-19-13-6-10(20(23)24)3-4-11(13)14(18-19)15(21)22/h1-6H,7H2,(H,21,22). The maximum absolute atomic E-state index is 13.8. The van der Waals surface area contributed by atoms with Crippen LogP contribution in [0.1, 0.15) is 16.1 Å². The second kappa shape index (κ2) is 5.69. The first-order chi connectivity index (χ1) is 11.4. The molecule has 0 atom stereocenters. The van der Waals surface area contributed by atoms with E-state index in [1.165, 1.54) is 18.2 Å². The van der Waals surface area contributed by atoms with Gasteiger partial charge in [-0.1, -0.05) is 6.07 Å². The number of halogens is 2. The highest BCUT2D eigenvalue weighted by Gasteiger charge is 2.20. The Morgan fingerprint density at radius 3 is 2.62 bits per heavy atom. The summed E-state index contributed by atoms with van der Waals surface area (Å²) >= 11 is 0. The number of carbonyl (C=O) groups is 1. The van der Waals surface area contributed by atoms with Crippen molar-refractivity contribution in [3.8, 4) is 0 Å². The number of benzene rings is 2. The van der Waals surface area contributed by atoms with E-state index >= 15 is 0 Å². The molecule has 122 valence electrons. The minimum atomic E-state index is -1.31. The summed E-state index contributed by atoms with van der Waals surface area (Å²) in [4.78, 5) is 21.6.